The lowest BCUT2D eigenvalue weighted by Crippen LogP contribution is -2.32. The molecule has 4 aromatic rings. The molecule has 1 amide bonds. The molecular weight excluding hydrogens is 455 g/mol. The number of halogens is 1. The van der Waals surface area contributed by atoms with Crippen molar-refractivity contribution >= 4 is 5.91 Å². The zero-order valence-electron chi connectivity index (χ0n) is 19.4. The number of carbonyl (C=O) groups is 1. The average molecular weight is 478 g/mol. The zero-order chi connectivity index (χ0) is 24.5. The second-order valence-electron chi connectivity index (χ2n) is 8.09. The van der Waals surface area contributed by atoms with Gasteiger partial charge in [-0.1, -0.05) is 11.2 Å². The molecule has 180 valence electrons. The lowest BCUT2D eigenvalue weighted by Gasteiger charge is -2.24. The van der Waals surface area contributed by atoms with Crippen LogP contribution in [0, 0.1) is 12.7 Å². The van der Waals surface area contributed by atoms with E-state index in [0.29, 0.717) is 41.4 Å². The van der Waals surface area contributed by atoms with Crippen molar-refractivity contribution in [1.82, 2.24) is 30.0 Å². The van der Waals surface area contributed by atoms with Gasteiger partial charge < -0.3 is 18.9 Å². The SMILES string of the molecule is COc1cc(C(=O)N2CCCC2c2noc(-c3cccc(F)c3OC)n2)c(-n2nccn2)cc1C. The molecule has 0 spiro atoms. The van der Waals surface area contributed by atoms with Crippen LogP contribution in [0.5, 0.6) is 11.5 Å². The molecule has 10 nitrogen and oxygen atoms in total. The molecule has 5 rings (SSSR count). The largest absolute Gasteiger partial charge is 0.496 e. The number of benzene rings is 2. The summed E-state index contributed by atoms with van der Waals surface area (Å²) in [5.41, 5.74) is 2.13. The number of hydrogen-bond acceptors (Lipinski definition) is 8. The van der Waals surface area contributed by atoms with Crippen LogP contribution < -0.4 is 9.47 Å². The van der Waals surface area contributed by atoms with Crippen LogP contribution in [0.2, 0.25) is 0 Å². The van der Waals surface area contributed by atoms with E-state index in [1.165, 1.54) is 24.0 Å². The average Bonchev–Trinajstić information content (AvgIpc) is 3.64. The zero-order valence-corrected chi connectivity index (χ0v) is 19.4. The monoisotopic (exact) mass is 478 g/mol. The summed E-state index contributed by atoms with van der Waals surface area (Å²) in [4.78, 5) is 21.4. The summed E-state index contributed by atoms with van der Waals surface area (Å²) in [6, 6.07) is 7.57. The van der Waals surface area contributed by atoms with Gasteiger partial charge in [0.05, 0.1) is 49.5 Å². The van der Waals surface area contributed by atoms with Crippen LogP contribution in [-0.2, 0) is 0 Å². The van der Waals surface area contributed by atoms with Crippen molar-refractivity contribution < 1.29 is 23.2 Å². The number of methoxy groups -OCH3 is 2. The molecule has 0 aliphatic carbocycles. The highest BCUT2D eigenvalue weighted by Crippen LogP contribution is 2.36. The van der Waals surface area contributed by atoms with Gasteiger partial charge in [0.1, 0.15) is 5.75 Å². The molecule has 2 aromatic heterocycles. The number of para-hydroxylation sites is 1. The van der Waals surface area contributed by atoms with Gasteiger partial charge in [0.15, 0.2) is 17.4 Å². The summed E-state index contributed by atoms with van der Waals surface area (Å²) in [7, 11) is 2.93. The fourth-order valence-electron chi connectivity index (χ4n) is 4.37. The number of rotatable bonds is 6. The Bertz CT molecular complexity index is 1370. The molecule has 3 heterocycles. The van der Waals surface area contributed by atoms with Crippen LogP contribution in [0.1, 0.15) is 40.6 Å². The lowest BCUT2D eigenvalue weighted by molar-refractivity contribution is 0.0727. The molecule has 11 heteroatoms. The maximum absolute atomic E-state index is 14.2. The van der Waals surface area contributed by atoms with Gasteiger partial charge in [0, 0.05) is 6.54 Å². The summed E-state index contributed by atoms with van der Waals surface area (Å²) in [6.07, 6.45) is 4.52. The Labute approximate surface area is 200 Å². The Morgan fingerprint density at radius 3 is 2.71 bits per heavy atom. The first-order valence-corrected chi connectivity index (χ1v) is 11.0. The fraction of sp³-hybridized carbons (Fsp3) is 0.292. The van der Waals surface area contributed by atoms with Crippen LogP contribution in [0.25, 0.3) is 17.1 Å². The third kappa shape index (κ3) is 3.98. The molecule has 1 saturated heterocycles. The molecule has 2 aromatic carbocycles. The van der Waals surface area contributed by atoms with Gasteiger partial charge in [0.25, 0.3) is 11.8 Å². The second kappa shape index (κ2) is 9.16. The van der Waals surface area contributed by atoms with E-state index >= 15 is 0 Å². The molecule has 0 radical (unpaired) electrons. The Morgan fingerprint density at radius 1 is 1.17 bits per heavy atom. The Balaban J connectivity index is 1.50. The van der Waals surface area contributed by atoms with Gasteiger partial charge in [0.2, 0.25) is 0 Å². The number of ether oxygens (including phenoxy) is 2. The van der Waals surface area contributed by atoms with Crippen LogP contribution >= 0.6 is 0 Å². The van der Waals surface area contributed by atoms with E-state index in [1.54, 1.807) is 36.5 Å². The molecule has 0 saturated carbocycles. The molecule has 1 atom stereocenters. The van der Waals surface area contributed by atoms with Crippen molar-refractivity contribution in [3.8, 4) is 28.6 Å². The van der Waals surface area contributed by atoms with Crippen molar-refractivity contribution in [3.63, 3.8) is 0 Å². The molecular formula is C24H23FN6O4. The normalized spacial score (nSPS) is 15.4. The minimum Gasteiger partial charge on any atom is -0.496 e. The fourth-order valence-corrected chi connectivity index (χ4v) is 4.37. The van der Waals surface area contributed by atoms with E-state index in [2.05, 4.69) is 20.3 Å². The van der Waals surface area contributed by atoms with Crippen molar-refractivity contribution in [3.05, 3.63) is 65.5 Å². The Morgan fingerprint density at radius 2 is 1.97 bits per heavy atom. The maximum Gasteiger partial charge on any atom is 0.261 e. The number of hydrogen-bond donors (Lipinski definition) is 0. The third-order valence-corrected chi connectivity index (χ3v) is 6.03. The Kier molecular flexibility index (Phi) is 5.89. The van der Waals surface area contributed by atoms with Gasteiger partial charge in [-0.05, 0) is 49.6 Å². The molecule has 0 N–H and O–H groups in total. The van der Waals surface area contributed by atoms with Crippen molar-refractivity contribution in [2.75, 3.05) is 20.8 Å². The van der Waals surface area contributed by atoms with Gasteiger partial charge in [-0.25, -0.2) is 4.39 Å². The molecule has 1 aliphatic rings. The van der Waals surface area contributed by atoms with E-state index in [-0.39, 0.29) is 17.5 Å². The van der Waals surface area contributed by atoms with E-state index in [9.17, 15) is 9.18 Å². The van der Waals surface area contributed by atoms with E-state index in [0.717, 1.165) is 12.0 Å². The number of amides is 1. The van der Waals surface area contributed by atoms with Gasteiger partial charge in [-0.15, -0.1) is 0 Å². The van der Waals surface area contributed by atoms with Crippen LogP contribution in [-0.4, -0.2) is 56.7 Å². The Hall–Kier alpha value is -4.28. The highest BCUT2D eigenvalue weighted by molar-refractivity contribution is 5.98. The number of nitrogens with zero attached hydrogens (tertiary/aromatic N) is 6. The number of aryl methyl sites for hydroxylation is 1. The van der Waals surface area contributed by atoms with Crippen LogP contribution in [0.4, 0.5) is 4.39 Å². The molecule has 1 unspecified atom stereocenters. The predicted octanol–water partition coefficient (Wildman–Crippen LogP) is 3.76. The van der Waals surface area contributed by atoms with Gasteiger partial charge >= 0.3 is 0 Å². The second-order valence-corrected chi connectivity index (χ2v) is 8.09. The topological polar surface area (TPSA) is 108 Å². The molecule has 1 fully saturated rings. The summed E-state index contributed by atoms with van der Waals surface area (Å²) < 4.78 is 30.2. The molecule has 1 aliphatic heterocycles. The molecule has 35 heavy (non-hydrogen) atoms. The maximum atomic E-state index is 14.2. The first-order valence-electron chi connectivity index (χ1n) is 11.0. The third-order valence-electron chi connectivity index (χ3n) is 6.03. The number of aromatic nitrogens is 5. The van der Waals surface area contributed by atoms with Crippen LogP contribution in [0.15, 0.2) is 47.2 Å². The van der Waals surface area contributed by atoms with Gasteiger partial charge in [-0.2, -0.15) is 20.0 Å². The number of likely N-dealkylation sites (tertiary alicyclic amines) is 1. The smallest absolute Gasteiger partial charge is 0.261 e. The number of carbonyl (C=O) groups excluding carboxylic acids is 1. The lowest BCUT2D eigenvalue weighted by atomic mass is 10.1. The highest BCUT2D eigenvalue weighted by atomic mass is 19.1. The summed E-state index contributed by atoms with van der Waals surface area (Å²) in [5, 5.41) is 12.5. The minimum absolute atomic E-state index is 0.0187. The van der Waals surface area contributed by atoms with Gasteiger partial charge in [-0.3, -0.25) is 4.79 Å². The first kappa shape index (κ1) is 22.5. The quantitative estimate of drug-likeness (QED) is 0.412. The van der Waals surface area contributed by atoms with Crippen LogP contribution in [0.3, 0.4) is 0 Å². The minimum atomic E-state index is -0.532. The van der Waals surface area contributed by atoms with E-state index in [4.69, 9.17) is 14.0 Å². The first-order chi connectivity index (χ1) is 17.0. The van der Waals surface area contributed by atoms with E-state index in [1.807, 2.05) is 13.0 Å². The van der Waals surface area contributed by atoms with Crippen molar-refractivity contribution in [1.29, 1.82) is 0 Å². The summed E-state index contributed by atoms with van der Waals surface area (Å²) in [6.45, 7) is 2.40. The predicted molar refractivity (Wildman–Crippen MR) is 122 cm³/mol. The van der Waals surface area contributed by atoms with Crippen molar-refractivity contribution in [2.24, 2.45) is 0 Å². The standard InChI is InChI=1S/C24H23FN6O4/c1-14-12-19(31-26-9-10-27-31)16(13-20(14)33-2)24(32)30-11-5-8-18(30)22-28-23(35-29-22)15-6-4-7-17(25)21(15)34-3/h4,6-7,9-10,12-13,18H,5,8,11H2,1-3H3. The highest BCUT2D eigenvalue weighted by Gasteiger charge is 2.36. The van der Waals surface area contributed by atoms with E-state index < -0.39 is 11.9 Å². The summed E-state index contributed by atoms with van der Waals surface area (Å²) >= 11 is 0. The summed E-state index contributed by atoms with van der Waals surface area (Å²) in [5.74, 6) is 0.303. The molecule has 0 bridgehead atoms. The van der Waals surface area contributed by atoms with Crippen molar-refractivity contribution in [2.45, 2.75) is 25.8 Å².